The van der Waals surface area contributed by atoms with Gasteiger partial charge in [0.1, 0.15) is 0 Å². The Labute approximate surface area is 115 Å². The molecular weight excluding hydrogens is 244 g/mol. The number of hydrogen-bond donors (Lipinski definition) is 1. The van der Waals surface area contributed by atoms with Crippen molar-refractivity contribution in [3.8, 4) is 0 Å². The lowest BCUT2D eigenvalue weighted by molar-refractivity contribution is 0.140. The van der Waals surface area contributed by atoms with Gasteiger partial charge < -0.3 is 5.73 Å². The van der Waals surface area contributed by atoms with E-state index in [1.807, 2.05) is 12.1 Å². The van der Waals surface area contributed by atoms with Crippen LogP contribution in [0.1, 0.15) is 38.2 Å². The number of hydrogen-bond acceptors (Lipinski definition) is 2. The van der Waals surface area contributed by atoms with E-state index in [9.17, 15) is 0 Å². The standard InChI is InChI=1S/C15H23ClN2/c1-3-11(2)18-9-13(8-15(17)10-18)12-5-4-6-14(16)7-12/h4-7,11,13,15H,3,8-10,17H2,1-2H3. The maximum absolute atomic E-state index is 6.21. The number of nitrogens with two attached hydrogens (primary N) is 1. The van der Waals surface area contributed by atoms with E-state index in [2.05, 4.69) is 30.9 Å². The van der Waals surface area contributed by atoms with Gasteiger partial charge in [-0.3, -0.25) is 4.90 Å². The summed E-state index contributed by atoms with van der Waals surface area (Å²) in [7, 11) is 0. The maximum atomic E-state index is 6.21. The molecule has 0 radical (unpaired) electrons. The average Bonchev–Trinajstić information content (AvgIpc) is 2.37. The third-order valence-electron chi connectivity index (χ3n) is 4.05. The quantitative estimate of drug-likeness (QED) is 0.910. The molecule has 0 bridgehead atoms. The Balaban J connectivity index is 2.13. The minimum atomic E-state index is 0.275. The highest BCUT2D eigenvalue weighted by atomic mass is 35.5. The Morgan fingerprint density at radius 3 is 2.89 bits per heavy atom. The normalized spacial score (nSPS) is 27.1. The summed E-state index contributed by atoms with van der Waals surface area (Å²) < 4.78 is 0. The first-order valence-electron chi connectivity index (χ1n) is 6.85. The molecule has 3 atom stereocenters. The highest BCUT2D eigenvalue weighted by Gasteiger charge is 2.28. The monoisotopic (exact) mass is 266 g/mol. The van der Waals surface area contributed by atoms with Crippen molar-refractivity contribution in [1.29, 1.82) is 0 Å². The van der Waals surface area contributed by atoms with Crippen LogP contribution in [0.2, 0.25) is 5.02 Å². The Morgan fingerprint density at radius 1 is 1.44 bits per heavy atom. The van der Waals surface area contributed by atoms with E-state index in [4.69, 9.17) is 17.3 Å². The molecule has 1 aliphatic heterocycles. The zero-order valence-corrected chi connectivity index (χ0v) is 12.0. The van der Waals surface area contributed by atoms with Crippen LogP contribution in [-0.4, -0.2) is 30.1 Å². The molecule has 2 N–H and O–H groups in total. The topological polar surface area (TPSA) is 29.3 Å². The van der Waals surface area contributed by atoms with Gasteiger partial charge in [0.25, 0.3) is 0 Å². The van der Waals surface area contributed by atoms with Crippen LogP contribution < -0.4 is 5.73 Å². The van der Waals surface area contributed by atoms with Gasteiger partial charge in [0.2, 0.25) is 0 Å². The van der Waals surface area contributed by atoms with Crippen LogP contribution in [0.25, 0.3) is 0 Å². The summed E-state index contributed by atoms with van der Waals surface area (Å²) in [6, 6.07) is 9.10. The molecular formula is C15H23ClN2. The molecule has 1 aromatic carbocycles. The van der Waals surface area contributed by atoms with E-state index in [1.165, 1.54) is 12.0 Å². The third-order valence-corrected chi connectivity index (χ3v) is 4.28. The van der Waals surface area contributed by atoms with Crippen LogP contribution in [0.4, 0.5) is 0 Å². The smallest absolute Gasteiger partial charge is 0.0408 e. The fraction of sp³-hybridized carbons (Fsp3) is 0.600. The highest BCUT2D eigenvalue weighted by Crippen LogP contribution is 2.29. The van der Waals surface area contributed by atoms with Crippen molar-refractivity contribution >= 4 is 11.6 Å². The summed E-state index contributed by atoms with van der Waals surface area (Å²) in [5.74, 6) is 0.515. The van der Waals surface area contributed by atoms with Gasteiger partial charge in [-0.05, 0) is 43.4 Å². The fourth-order valence-corrected chi connectivity index (χ4v) is 2.99. The first kappa shape index (κ1) is 13.9. The second kappa shape index (κ2) is 6.05. The first-order valence-corrected chi connectivity index (χ1v) is 7.23. The first-order chi connectivity index (χ1) is 8.60. The molecule has 18 heavy (non-hydrogen) atoms. The van der Waals surface area contributed by atoms with E-state index in [0.717, 1.165) is 24.5 Å². The molecule has 1 fully saturated rings. The molecule has 1 aliphatic rings. The number of nitrogens with zero attached hydrogens (tertiary/aromatic N) is 1. The van der Waals surface area contributed by atoms with Gasteiger partial charge in [0, 0.05) is 30.2 Å². The van der Waals surface area contributed by atoms with Gasteiger partial charge in [0.05, 0.1) is 0 Å². The lowest BCUT2D eigenvalue weighted by atomic mass is 9.87. The minimum absolute atomic E-state index is 0.275. The number of benzene rings is 1. The minimum Gasteiger partial charge on any atom is -0.327 e. The van der Waals surface area contributed by atoms with Crippen molar-refractivity contribution in [3.05, 3.63) is 34.9 Å². The SMILES string of the molecule is CCC(C)N1CC(N)CC(c2cccc(Cl)c2)C1. The molecule has 0 saturated carbocycles. The van der Waals surface area contributed by atoms with Crippen molar-refractivity contribution in [2.75, 3.05) is 13.1 Å². The molecule has 0 aromatic heterocycles. The maximum Gasteiger partial charge on any atom is 0.0408 e. The predicted molar refractivity (Wildman–Crippen MR) is 78.1 cm³/mol. The van der Waals surface area contributed by atoms with E-state index < -0.39 is 0 Å². The predicted octanol–water partition coefficient (Wildman–Crippen LogP) is 3.26. The molecule has 1 aromatic rings. The third kappa shape index (κ3) is 3.25. The second-order valence-electron chi connectivity index (χ2n) is 5.46. The van der Waals surface area contributed by atoms with Gasteiger partial charge in [-0.15, -0.1) is 0 Å². The Bertz CT molecular complexity index is 394. The van der Waals surface area contributed by atoms with Gasteiger partial charge in [-0.25, -0.2) is 0 Å². The summed E-state index contributed by atoms with van der Waals surface area (Å²) in [4.78, 5) is 2.51. The molecule has 3 unspecified atom stereocenters. The molecule has 100 valence electrons. The summed E-state index contributed by atoms with van der Waals surface area (Å²) in [6.45, 7) is 6.64. The molecule has 0 spiro atoms. The van der Waals surface area contributed by atoms with E-state index >= 15 is 0 Å². The number of piperidine rings is 1. The van der Waals surface area contributed by atoms with Crippen LogP contribution in [0.3, 0.4) is 0 Å². The van der Waals surface area contributed by atoms with Gasteiger partial charge in [0.15, 0.2) is 0 Å². The van der Waals surface area contributed by atoms with Crippen molar-refractivity contribution in [2.45, 2.75) is 44.7 Å². The van der Waals surface area contributed by atoms with Crippen molar-refractivity contribution in [1.82, 2.24) is 4.90 Å². The Morgan fingerprint density at radius 2 is 2.22 bits per heavy atom. The van der Waals surface area contributed by atoms with Gasteiger partial charge in [-0.1, -0.05) is 30.7 Å². The Hall–Kier alpha value is -0.570. The van der Waals surface area contributed by atoms with Crippen LogP contribution in [0.15, 0.2) is 24.3 Å². The number of halogens is 1. The lowest BCUT2D eigenvalue weighted by Crippen LogP contribution is -2.49. The molecule has 0 amide bonds. The van der Waals surface area contributed by atoms with Crippen molar-refractivity contribution in [2.24, 2.45) is 5.73 Å². The van der Waals surface area contributed by atoms with Crippen LogP contribution in [0.5, 0.6) is 0 Å². The molecule has 1 saturated heterocycles. The van der Waals surface area contributed by atoms with E-state index in [0.29, 0.717) is 12.0 Å². The van der Waals surface area contributed by atoms with Crippen molar-refractivity contribution < 1.29 is 0 Å². The zero-order chi connectivity index (χ0) is 13.1. The van der Waals surface area contributed by atoms with E-state index in [-0.39, 0.29) is 6.04 Å². The Kier molecular flexibility index (Phi) is 4.66. The number of likely N-dealkylation sites (tertiary alicyclic amines) is 1. The van der Waals surface area contributed by atoms with Gasteiger partial charge in [-0.2, -0.15) is 0 Å². The van der Waals surface area contributed by atoms with Crippen LogP contribution in [0, 0.1) is 0 Å². The number of rotatable bonds is 3. The summed E-state index contributed by atoms with van der Waals surface area (Å²) in [5.41, 5.74) is 7.53. The fourth-order valence-electron chi connectivity index (χ4n) is 2.79. The molecule has 2 rings (SSSR count). The molecule has 1 heterocycles. The van der Waals surface area contributed by atoms with Crippen LogP contribution >= 0.6 is 11.6 Å². The molecule has 2 nitrogen and oxygen atoms in total. The van der Waals surface area contributed by atoms with Gasteiger partial charge >= 0.3 is 0 Å². The van der Waals surface area contributed by atoms with Crippen molar-refractivity contribution in [3.63, 3.8) is 0 Å². The summed E-state index contributed by atoms with van der Waals surface area (Å²) >= 11 is 6.08. The zero-order valence-electron chi connectivity index (χ0n) is 11.3. The lowest BCUT2D eigenvalue weighted by Gasteiger charge is -2.39. The second-order valence-corrected chi connectivity index (χ2v) is 5.90. The molecule has 3 heteroatoms. The largest absolute Gasteiger partial charge is 0.327 e. The highest BCUT2D eigenvalue weighted by molar-refractivity contribution is 6.30. The average molecular weight is 267 g/mol. The summed E-state index contributed by atoms with van der Waals surface area (Å²) in [6.07, 6.45) is 2.24. The molecule has 0 aliphatic carbocycles. The summed E-state index contributed by atoms with van der Waals surface area (Å²) in [5, 5.41) is 0.821. The van der Waals surface area contributed by atoms with Crippen LogP contribution in [-0.2, 0) is 0 Å². The van der Waals surface area contributed by atoms with E-state index in [1.54, 1.807) is 0 Å².